The van der Waals surface area contributed by atoms with E-state index in [-0.39, 0.29) is 12.0 Å². The maximum absolute atomic E-state index is 12.6. The van der Waals surface area contributed by atoms with Crippen molar-refractivity contribution in [1.29, 1.82) is 0 Å². The van der Waals surface area contributed by atoms with Gasteiger partial charge in [0.15, 0.2) is 0 Å². The number of likely N-dealkylation sites (tertiary alicyclic amines) is 1. The van der Waals surface area contributed by atoms with Crippen LogP contribution in [0.4, 0.5) is 10.5 Å². The summed E-state index contributed by atoms with van der Waals surface area (Å²) in [5, 5.41) is 2.91. The number of hydrogen-bond donors (Lipinski definition) is 1. The summed E-state index contributed by atoms with van der Waals surface area (Å²) < 4.78 is 5.70. The number of ether oxygens (including phenoxy) is 1. The van der Waals surface area contributed by atoms with Gasteiger partial charge in [-0.25, -0.2) is 4.79 Å². The van der Waals surface area contributed by atoms with E-state index < -0.39 is 6.09 Å². The highest BCUT2D eigenvalue weighted by Gasteiger charge is 2.23. The number of likely N-dealkylation sites (N-methyl/N-ethyl adjacent to an activating group) is 1. The molecule has 0 spiro atoms. The van der Waals surface area contributed by atoms with E-state index in [1.54, 1.807) is 4.90 Å². The summed E-state index contributed by atoms with van der Waals surface area (Å²) in [5.41, 5.74) is 2.73. The first-order chi connectivity index (χ1) is 16.6. The van der Waals surface area contributed by atoms with Gasteiger partial charge in [0.1, 0.15) is 12.4 Å². The third-order valence-electron chi connectivity index (χ3n) is 6.20. The lowest BCUT2D eigenvalue weighted by molar-refractivity contribution is -0.130. The second-order valence-electron chi connectivity index (χ2n) is 8.71. The van der Waals surface area contributed by atoms with E-state index in [0.717, 1.165) is 68.4 Å². The van der Waals surface area contributed by atoms with E-state index in [2.05, 4.69) is 10.2 Å². The maximum Gasteiger partial charge on any atom is 0.411 e. The van der Waals surface area contributed by atoms with Crippen LogP contribution in [-0.2, 0) is 14.3 Å². The Hall–Kier alpha value is -3.19. The number of para-hydroxylation sites is 1. The molecule has 0 unspecified atom stereocenters. The normalized spacial score (nSPS) is 14.4. The van der Waals surface area contributed by atoms with Crippen LogP contribution in [-0.4, -0.2) is 67.4 Å². The molecule has 1 saturated heterocycles. The third-order valence-corrected chi connectivity index (χ3v) is 6.20. The van der Waals surface area contributed by atoms with Crippen LogP contribution in [0.1, 0.15) is 38.5 Å². The average molecular weight is 466 g/mol. The SMILES string of the molecule is CN(CCN1CCC(OC(=O)Nc2ccccc2-c2ccccc2)CC1)C(=O)CCCCC=O. The fourth-order valence-corrected chi connectivity index (χ4v) is 4.11. The molecule has 1 N–H and O–H groups in total. The summed E-state index contributed by atoms with van der Waals surface area (Å²) in [6.45, 7) is 3.15. The van der Waals surface area contributed by atoms with Crippen LogP contribution in [0.15, 0.2) is 54.6 Å². The molecule has 0 bridgehead atoms. The molecule has 34 heavy (non-hydrogen) atoms. The van der Waals surface area contributed by atoms with E-state index in [1.807, 2.05) is 61.6 Å². The lowest BCUT2D eigenvalue weighted by atomic mass is 10.0. The molecule has 0 aromatic heterocycles. The van der Waals surface area contributed by atoms with Gasteiger partial charge >= 0.3 is 6.09 Å². The molecule has 2 aromatic rings. The molecule has 1 aliphatic rings. The molecule has 1 aliphatic heterocycles. The van der Waals surface area contributed by atoms with Crippen molar-refractivity contribution < 1.29 is 19.1 Å². The number of hydrogen-bond acceptors (Lipinski definition) is 5. The minimum absolute atomic E-state index is 0.114. The Labute approximate surface area is 202 Å². The number of benzene rings is 2. The van der Waals surface area contributed by atoms with Gasteiger partial charge < -0.3 is 19.3 Å². The molecule has 0 saturated carbocycles. The van der Waals surface area contributed by atoms with Crippen molar-refractivity contribution in [1.82, 2.24) is 9.80 Å². The summed E-state index contributed by atoms with van der Waals surface area (Å²) >= 11 is 0. The first-order valence-corrected chi connectivity index (χ1v) is 12.1. The average Bonchev–Trinajstić information content (AvgIpc) is 2.86. The lowest BCUT2D eigenvalue weighted by Gasteiger charge is -2.32. The molecule has 0 atom stereocenters. The number of amides is 2. The smallest absolute Gasteiger partial charge is 0.411 e. The largest absolute Gasteiger partial charge is 0.446 e. The minimum atomic E-state index is -0.429. The van der Waals surface area contributed by atoms with E-state index >= 15 is 0 Å². The van der Waals surface area contributed by atoms with Crippen LogP contribution in [0, 0.1) is 0 Å². The first-order valence-electron chi connectivity index (χ1n) is 12.1. The Bertz CT molecular complexity index is 926. The Morgan fingerprint density at radius 1 is 1.06 bits per heavy atom. The molecule has 3 rings (SSSR count). The van der Waals surface area contributed by atoms with Gasteiger partial charge in [-0.05, 0) is 37.3 Å². The van der Waals surface area contributed by atoms with Crippen LogP contribution in [0.2, 0.25) is 0 Å². The molecule has 0 aliphatic carbocycles. The van der Waals surface area contributed by atoms with Crippen molar-refractivity contribution in [3.05, 3.63) is 54.6 Å². The van der Waals surface area contributed by atoms with Crippen LogP contribution < -0.4 is 5.32 Å². The predicted molar refractivity (Wildman–Crippen MR) is 134 cm³/mol. The fourth-order valence-electron chi connectivity index (χ4n) is 4.11. The number of aldehydes is 1. The van der Waals surface area contributed by atoms with Gasteiger partial charge in [0, 0.05) is 51.6 Å². The zero-order valence-corrected chi connectivity index (χ0v) is 19.9. The van der Waals surface area contributed by atoms with E-state index in [9.17, 15) is 14.4 Å². The number of unbranched alkanes of at least 4 members (excludes halogenated alkanes) is 2. The Balaban J connectivity index is 1.38. The zero-order valence-electron chi connectivity index (χ0n) is 19.9. The predicted octanol–water partition coefficient (Wildman–Crippen LogP) is 4.58. The Morgan fingerprint density at radius 3 is 2.50 bits per heavy atom. The fraction of sp³-hybridized carbons (Fsp3) is 0.444. The molecular formula is C27H35N3O4. The summed E-state index contributed by atoms with van der Waals surface area (Å²) in [7, 11) is 1.83. The number of piperidine rings is 1. The summed E-state index contributed by atoms with van der Waals surface area (Å²) in [6, 6.07) is 17.7. The lowest BCUT2D eigenvalue weighted by Crippen LogP contribution is -2.42. The highest BCUT2D eigenvalue weighted by molar-refractivity contribution is 5.91. The number of carbonyl (C=O) groups is 3. The van der Waals surface area contributed by atoms with Gasteiger partial charge in [-0.3, -0.25) is 10.1 Å². The van der Waals surface area contributed by atoms with Gasteiger partial charge in [-0.15, -0.1) is 0 Å². The number of nitrogens with zero attached hydrogens (tertiary/aromatic N) is 2. The molecular weight excluding hydrogens is 430 g/mol. The van der Waals surface area contributed by atoms with Crippen molar-refractivity contribution in [2.24, 2.45) is 0 Å². The van der Waals surface area contributed by atoms with Crippen molar-refractivity contribution in [3.8, 4) is 11.1 Å². The molecule has 2 aromatic carbocycles. The second-order valence-corrected chi connectivity index (χ2v) is 8.71. The Morgan fingerprint density at radius 2 is 1.76 bits per heavy atom. The minimum Gasteiger partial charge on any atom is -0.446 e. The first kappa shape index (κ1) is 25.4. The summed E-state index contributed by atoms with van der Waals surface area (Å²) in [6.07, 6.45) is 4.43. The Kier molecular flexibility index (Phi) is 10.1. The highest BCUT2D eigenvalue weighted by atomic mass is 16.6. The summed E-state index contributed by atoms with van der Waals surface area (Å²) in [4.78, 5) is 39.2. The van der Waals surface area contributed by atoms with Crippen molar-refractivity contribution in [3.63, 3.8) is 0 Å². The standard InChI is InChI=1S/C27H35N3O4/c1-29(26(32)14-6-3-9-21-31)19-20-30-17-15-23(16-18-30)34-27(33)28-25-13-8-7-12-24(25)22-10-4-2-5-11-22/h2,4-5,7-8,10-13,21,23H,3,6,9,14-20H2,1H3,(H,28,33). The molecule has 0 radical (unpaired) electrons. The van der Waals surface area contributed by atoms with Crippen LogP contribution >= 0.6 is 0 Å². The van der Waals surface area contributed by atoms with Crippen molar-refractivity contribution in [2.75, 3.05) is 38.5 Å². The molecule has 182 valence electrons. The molecule has 1 heterocycles. The highest BCUT2D eigenvalue weighted by Crippen LogP contribution is 2.28. The van der Waals surface area contributed by atoms with E-state index in [0.29, 0.717) is 19.4 Å². The number of carbonyl (C=O) groups excluding carboxylic acids is 3. The monoisotopic (exact) mass is 465 g/mol. The molecule has 7 heteroatoms. The van der Waals surface area contributed by atoms with Crippen molar-refractivity contribution >= 4 is 24.0 Å². The summed E-state index contributed by atoms with van der Waals surface area (Å²) in [5.74, 6) is 0.122. The number of nitrogens with one attached hydrogen (secondary N) is 1. The van der Waals surface area contributed by atoms with Gasteiger partial charge in [0.2, 0.25) is 5.91 Å². The van der Waals surface area contributed by atoms with Gasteiger partial charge in [0.05, 0.1) is 5.69 Å². The molecule has 1 fully saturated rings. The van der Waals surface area contributed by atoms with Crippen molar-refractivity contribution in [2.45, 2.75) is 44.6 Å². The van der Waals surface area contributed by atoms with E-state index in [4.69, 9.17) is 4.74 Å². The number of anilines is 1. The maximum atomic E-state index is 12.6. The molecule has 7 nitrogen and oxygen atoms in total. The third kappa shape index (κ3) is 7.99. The van der Waals surface area contributed by atoms with Gasteiger partial charge in [-0.2, -0.15) is 0 Å². The van der Waals surface area contributed by atoms with Gasteiger partial charge in [0.25, 0.3) is 0 Å². The quantitative estimate of drug-likeness (QED) is 0.388. The van der Waals surface area contributed by atoms with Crippen LogP contribution in [0.3, 0.4) is 0 Å². The van der Waals surface area contributed by atoms with Gasteiger partial charge in [-0.1, -0.05) is 48.5 Å². The van der Waals surface area contributed by atoms with E-state index in [1.165, 1.54) is 0 Å². The molecule has 2 amide bonds. The number of rotatable bonds is 11. The van der Waals surface area contributed by atoms with Crippen LogP contribution in [0.5, 0.6) is 0 Å². The van der Waals surface area contributed by atoms with Crippen LogP contribution in [0.25, 0.3) is 11.1 Å². The zero-order chi connectivity index (χ0) is 24.2. The second kappa shape index (κ2) is 13.5. The topological polar surface area (TPSA) is 79.0 Å².